The fraction of sp³-hybridized carbons (Fsp3) is 0. The van der Waals surface area contributed by atoms with Gasteiger partial charge in [-0.15, -0.1) is 0 Å². The van der Waals surface area contributed by atoms with Gasteiger partial charge in [0.05, 0.1) is 10.0 Å². The van der Waals surface area contributed by atoms with Crippen molar-refractivity contribution in [2.24, 2.45) is 5.16 Å². The van der Waals surface area contributed by atoms with Gasteiger partial charge in [0, 0.05) is 5.56 Å². The van der Waals surface area contributed by atoms with Gasteiger partial charge >= 0.3 is 16.1 Å². The Morgan fingerprint density at radius 3 is 2.27 bits per heavy atom. The maximum Gasteiger partial charge on any atom is 0.368 e. The van der Waals surface area contributed by atoms with Gasteiger partial charge in [-0.05, 0) is 51.8 Å². The fourth-order valence-corrected chi connectivity index (χ4v) is 4.36. The summed E-state index contributed by atoms with van der Waals surface area (Å²) in [5, 5.41) is 3.87. The molecule has 4 rings (SSSR count). The van der Waals surface area contributed by atoms with Crippen LogP contribution in [0.15, 0.2) is 99.0 Å². The summed E-state index contributed by atoms with van der Waals surface area (Å²) in [6.45, 7) is 0. The van der Waals surface area contributed by atoms with Gasteiger partial charge in [0.15, 0.2) is 5.75 Å². The van der Waals surface area contributed by atoms with Crippen molar-refractivity contribution >= 4 is 43.8 Å². The predicted molar refractivity (Wildman–Crippen MR) is 115 cm³/mol. The molecule has 3 aromatic rings. The molecule has 0 amide bonds. The van der Waals surface area contributed by atoms with E-state index in [9.17, 15) is 13.2 Å². The van der Waals surface area contributed by atoms with Crippen LogP contribution in [0, 0.1) is 0 Å². The summed E-state index contributed by atoms with van der Waals surface area (Å²) in [7, 11) is -3.96. The zero-order chi connectivity index (χ0) is 21.1. The van der Waals surface area contributed by atoms with Crippen molar-refractivity contribution in [1.29, 1.82) is 0 Å². The van der Waals surface area contributed by atoms with E-state index in [0.29, 0.717) is 21.3 Å². The maximum absolute atomic E-state index is 12.4. The van der Waals surface area contributed by atoms with E-state index in [1.165, 1.54) is 18.2 Å². The molecule has 8 heteroatoms. The van der Waals surface area contributed by atoms with E-state index in [-0.39, 0.29) is 10.6 Å². The van der Waals surface area contributed by atoms with E-state index < -0.39 is 16.1 Å². The average Bonchev–Trinajstić information content (AvgIpc) is 3.11. The van der Waals surface area contributed by atoms with E-state index in [2.05, 4.69) is 21.1 Å². The van der Waals surface area contributed by atoms with Crippen LogP contribution in [0.3, 0.4) is 0 Å². The number of hydrogen-bond donors (Lipinski definition) is 0. The van der Waals surface area contributed by atoms with E-state index >= 15 is 0 Å². The molecule has 0 aromatic heterocycles. The summed E-state index contributed by atoms with van der Waals surface area (Å²) in [6.07, 6.45) is 1.63. The van der Waals surface area contributed by atoms with Gasteiger partial charge in [0.2, 0.25) is 0 Å². The number of rotatable bonds is 5. The van der Waals surface area contributed by atoms with Crippen molar-refractivity contribution in [3.8, 4) is 5.75 Å². The Balaban J connectivity index is 1.62. The minimum absolute atomic E-state index is 0.0560. The van der Waals surface area contributed by atoms with Crippen molar-refractivity contribution in [3.63, 3.8) is 0 Å². The first-order valence-corrected chi connectivity index (χ1v) is 11.0. The molecule has 0 fully saturated rings. The monoisotopic (exact) mass is 483 g/mol. The summed E-state index contributed by atoms with van der Waals surface area (Å²) < 4.78 is 30.5. The molecule has 0 N–H and O–H groups in total. The summed E-state index contributed by atoms with van der Waals surface area (Å²) in [5.74, 6) is -0.427. The van der Waals surface area contributed by atoms with Crippen LogP contribution in [0.2, 0.25) is 0 Å². The highest BCUT2D eigenvalue weighted by atomic mass is 79.9. The second-order valence-electron chi connectivity index (χ2n) is 6.28. The average molecular weight is 484 g/mol. The molecule has 0 spiro atoms. The number of hydrogen-bond acceptors (Lipinski definition) is 6. The van der Waals surface area contributed by atoms with E-state index in [1.807, 2.05) is 30.3 Å². The molecule has 3 aromatic carbocycles. The molecule has 150 valence electrons. The number of halogens is 1. The molecular formula is C22H14BrNO5S. The van der Waals surface area contributed by atoms with Gasteiger partial charge in [-0.1, -0.05) is 59.8 Å². The highest BCUT2D eigenvalue weighted by Gasteiger charge is 2.27. The Kier molecular flexibility index (Phi) is 5.52. The van der Waals surface area contributed by atoms with Gasteiger partial charge in [-0.2, -0.15) is 8.42 Å². The van der Waals surface area contributed by atoms with Gasteiger partial charge < -0.3 is 9.02 Å². The van der Waals surface area contributed by atoms with Gasteiger partial charge in [0.1, 0.15) is 10.6 Å². The molecule has 0 unspecified atom stereocenters. The zero-order valence-corrected chi connectivity index (χ0v) is 17.8. The molecule has 0 radical (unpaired) electrons. The maximum atomic E-state index is 12.4. The third kappa shape index (κ3) is 4.19. The molecule has 1 heterocycles. The first kappa shape index (κ1) is 20.1. The minimum atomic E-state index is -3.96. The third-order valence-electron chi connectivity index (χ3n) is 4.24. The Morgan fingerprint density at radius 1 is 0.933 bits per heavy atom. The first-order valence-electron chi connectivity index (χ1n) is 8.80. The zero-order valence-electron chi connectivity index (χ0n) is 15.4. The number of oxime groups is 1. The summed E-state index contributed by atoms with van der Waals surface area (Å²) in [5.41, 5.74) is 2.13. The van der Waals surface area contributed by atoms with Crippen molar-refractivity contribution in [1.82, 2.24) is 0 Å². The molecule has 0 bridgehead atoms. The van der Waals surface area contributed by atoms with Crippen LogP contribution in [0.1, 0.15) is 11.1 Å². The van der Waals surface area contributed by atoms with Gasteiger partial charge in [-0.3, -0.25) is 0 Å². The van der Waals surface area contributed by atoms with E-state index in [4.69, 9.17) is 9.02 Å². The quantitative estimate of drug-likeness (QED) is 0.301. The predicted octanol–water partition coefficient (Wildman–Crippen LogP) is 4.56. The Hall–Kier alpha value is -3.23. The molecule has 0 saturated heterocycles. The number of carbonyl (C=O) groups is 1. The molecule has 0 atom stereocenters. The summed E-state index contributed by atoms with van der Waals surface area (Å²) in [4.78, 5) is 17.0. The SMILES string of the molecule is O=C1ON=C(c2ccccc2)/C1=C/c1ccc(OS(=O)(=O)c2ccccc2)c(Br)c1. The second kappa shape index (κ2) is 8.25. The van der Waals surface area contributed by atoms with Crippen LogP contribution in [0.5, 0.6) is 5.75 Å². The van der Waals surface area contributed by atoms with Crippen LogP contribution in [-0.4, -0.2) is 20.1 Å². The lowest BCUT2D eigenvalue weighted by molar-refractivity contribution is -0.136. The van der Waals surface area contributed by atoms with Crippen LogP contribution in [0.4, 0.5) is 0 Å². The van der Waals surface area contributed by atoms with Gasteiger partial charge in [0.25, 0.3) is 0 Å². The number of carbonyl (C=O) groups excluding carboxylic acids is 1. The second-order valence-corrected chi connectivity index (χ2v) is 8.68. The van der Waals surface area contributed by atoms with Crippen molar-refractivity contribution in [3.05, 3.63) is 100 Å². The number of nitrogens with zero attached hydrogens (tertiary/aromatic N) is 1. The molecule has 1 aliphatic rings. The Morgan fingerprint density at radius 2 is 1.60 bits per heavy atom. The van der Waals surface area contributed by atoms with Crippen molar-refractivity contribution < 1.29 is 22.2 Å². The van der Waals surface area contributed by atoms with Crippen LogP contribution in [0.25, 0.3) is 6.08 Å². The topological polar surface area (TPSA) is 82.0 Å². The molecule has 30 heavy (non-hydrogen) atoms. The Labute approximate surface area is 181 Å². The Bertz CT molecular complexity index is 1270. The summed E-state index contributed by atoms with van der Waals surface area (Å²) in [6, 6.07) is 21.9. The van der Waals surface area contributed by atoms with E-state index in [0.717, 1.165) is 5.56 Å². The number of benzene rings is 3. The van der Waals surface area contributed by atoms with Crippen LogP contribution in [-0.2, 0) is 19.8 Å². The van der Waals surface area contributed by atoms with Crippen LogP contribution < -0.4 is 4.18 Å². The molecule has 6 nitrogen and oxygen atoms in total. The third-order valence-corrected chi connectivity index (χ3v) is 6.11. The first-order chi connectivity index (χ1) is 14.4. The lowest BCUT2D eigenvalue weighted by Gasteiger charge is -2.09. The fourth-order valence-electron chi connectivity index (χ4n) is 2.81. The highest BCUT2D eigenvalue weighted by Crippen LogP contribution is 2.30. The standard InChI is InChI=1S/C22H14BrNO5S/c23-19-14-15(11-12-20(19)29-30(26,27)17-9-5-2-6-10-17)13-18-21(24-28-22(18)25)16-7-3-1-4-8-16/h1-14H/b18-13-. The molecule has 0 saturated carbocycles. The molecule has 0 aliphatic carbocycles. The lowest BCUT2D eigenvalue weighted by atomic mass is 10.0. The van der Waals surface area contributed by atoms with Crippen molar-refractivity contribution in [2.45, 2.75) is 4.90 Å². The largest absolute Gasteiger partial charge is 0.378 e. The normalized spacial score (nSPS) is 15.0. The van der Waals surface area contributed by atoms with E-state index in [1.54, 1.807) is 36.4 Å². The highest BCUT2D eigenvalue weighted by molar-refractivity contribution is 9.10. The van der Waals surface area contributed by atoms with Crippen LogP contribution >= 0.6 is 15.9 Å². The molecular weight excluding hydrogens is 470 g/mol. The van der Waals surface area contributed by atoms with Gasteiger partial charge in [-0.25, -0.2) is 4.79 Å². The lowest BCUT2D eigenvalue weighted by Crippen LogP contribution is -2.10. The smallest absolute Gasteiger partial charge is 0.368 e. The summed E-state index contributed by atoms with van der Waals surface area (Å²) >= 11 is 3.33. The van der Waals surface area contributed by atoms with Crippen molar-refractivity contribution in [2.75, 3.05) is 0 Å². The minimum Gasteiger partial charge on any atom is -0.378 e. The molecule has 1 aliphatic heterocycles.